The molecular weight excluding hydrogens is 332 g/mol. The molecule has 0 saturated carbocycles. The molecule has 2 atom stereocenters. The molecule has 1 N–H and O–H groups in total. The number of methoxy groups -OCH3 is 2. The number of carbonyl (C=O) groups excluding carboxylic acids is 2. The fraction of sp³-hybridized carbons (Fsp3) is 0.600. The lowest BCUT2D eigenvalue weighted by Gasteiger charge is -2.18. The van der Waals surface area contributed by atoms with Crippen molar-refractivity contribution in [1.82, 2.24) is 10.2 Å². The smallest absolute Gasteiger partial charge is 0.225 e. The number of carbonyl (C=O) groups is 2. The lowest BCUT2D eigenvalue weighted by Crippen LogP contribution is -2.37. The summed E-state index contributed by atoms with van der Waals surface area (Å²) in [6, 6.07) is 7.76. The zero-order valence-corrected chi connectivity index (χ0v) is 16.2. The van der Waals surface area contributed by atoms with Crippen LogP contribution in [0.4, 0.5) is 0 Å². The predicted octanol–water partition coefficient (Wildman–Crippen LogP) is 2.05. The van der Waals surface area contributed by atoms with Gasteiger partial charge in [-0.3, -0.25) is 9.59 Å². The second kappa shape index (κ2) is 9.57. The highest BCUT2D eigenvalue weighted by Gasteiger charge is 2.40. The van der Waals surface area contributed by atoms with Crippen LogP contribution in [0.25, 0.3) is 0 Å². The third-order valence-electron chi connectivity index (χ3n) is 4.72. The van der Waals surface area contributed by atoms with Crippen LogP contribution in [0.2, 0.25) is 0 Å². The third-order valence-corrected chi connectivity index (χ3v) is 4.72. The molecule has 0 aliphatic carbocycles. The Morgan fingerprint density at radius 2 is 2.04 bits per heavy atom. The van der Waals surface area contributed by atoms with Gasteiger partial charge in [-0.05, 0) is 23.6 Å². The summed E-state index contributed by atoms with van der Waals surface area (Å²) in [4.78, 5) is 27.1. The maximum Gasteiger partial charge on any atom is 0.225 e. The van der Waals surface area contributed by atoms with Gasteiger partial charge in [0.15, 0.2) is 0 Å². The Labute approximate surface area is 155 Å². The number of hydrogen-bond acceptors (Lipinski definition) is 4. The summed E-state index contributed by atoms with van der Waals surface area (Å²) in [5, 5.41) is 2.92. The molecule has 6 nitrogen and oxygen atoms in total. The molecule has 2 amide bonds. The lowest BCUT2D eigenvalue weighted by molar-refractivity contribution is -0.131. The number of rotatable bonds is 8. The van der Waals surface area contributed by atoms with Crippen molar-refractivity contribution in [3.05, 3.63) is 29.8 Å². The van der Waals surface area contributed by atoms with Crippen molar-refractivity contribution >= 4 is 11.8 Å². The first-order valence-electron chi connectivity index (χ1n) is 9.14. The van der Waals surface area contributed by atoms with E-state index in [-0.39, 0.29) is 23.7 Å². The highest BCUT2D eigenvalue weighted by molar-refractivity contribution is 5.83. The zero-order valence-electron chi connectivity index (χ0n) is 16.2. The molecular formula is C20H30N2O4. The normalized spacial score (nSPS) is 19.7. The van der Waals surface area contributed by atoms with Crippen molar-refractivity contribution in [2.45, 2.75) is 26.2 Å². The third kappa shape index (κ3) is 5.21. The summed E-state index contributed by atoms with van der Waals surface area (Å²) >= 11 is 0. The molecule has 1 heterocycles. The number of nitrogens with zero attached hydrogens (tertiary/aromatic N) is 1. The van der Waals surface area contributed by atoms with Crippen molar-refractivity contribution in [3.8, 4) is 5.75 Å². The summed E-state index contributed by atoms with van der Waals surface area (Å²) < 4.78 is 10.3. The standard InChI is InChI=1S/C20H30N2O4/c1-14(2)10-19(23)22-12-17(15-6-5-7-16(11-15)26-4)18(13-22)20(24)21-8-9-25-3/h5-7,11,14,17-18H,8-10,12-13H2,1-4H3,(H,21,24). The van der Waals surface area contributed by atoms with E-state index in [1.165, 1.54) is 0 Å². The number of hydrogen-bond donors (Lipinski definition) is 1. The Bertz CT molecular complexity index is 618. The topological polar surface area (TPSA) is 67.9 Å². The first-order chi connectivity index (χ1) is 12.5. The van der Waals surface area contributed by atoms with Gasteiger partial charge in [0.1, 0.15) is 5.75 Å². The molecule has 1 fully saturated rings. The highest BCUT2D eigenvalue weighted by Crippen LogP contribution is 2.35. The molecule has 6 heteroatoms. The highest BCUT2D eigenvalue weighted by atomic mass is 16.5. The monoisotopic (exact) mass is 362 g/mol. The second-order valence-electron chi connectivity index (χ2n) is 7.17. The van der Waals surface area contributed by atoms with Crippen LogP contribution in [0.5, 0.6) is 5.75 Å². The molecule has 2 rings (SSSR count). The van der Waals surface area contributed by atoms with Crippen LogP contribution in [0, 0.1) is 11.8 Å². The fourth-order valence-corrected chi connectivity index (χ4v) is 3.37. The van der Waals surface area contributed by atoms with Crippen molar-refractivity contribution in [1.29, 1.82) is 0 Å². The number of benzene rings is 1. The van der Waals surface area contributed by atoms with Gasteiger partial charge in [0.25, 0.3) is 0 Å². The quantitative estimate of drug-likeness (QED) is 0.719. The number of likely N-dealkylation sites (tertiary alicyclic amines) is 1. The van der Waals surface area contributed by atoms with Gasteiger partial charge in [-0.15, -0.1) is 0 Å². The van der Waals surface area contributed by atoms with Crippen LogP contribution in [0.15, 0.2) is 24.3 Å². The molecule has 1 aliphatic heterocycles. The van der Waals surface area contributed by atoms with Crippen LogP contribution in [0.3, 0.4) is 0 Å². The molecule has 26 heavy (non-hydrogen) atoms. The van der Waals surface area contributed by atoms with Gasteiger partial charge in [0.05, 0.1) is 19.6 Å². The van der Waals surface area contributed by atoms with Gasteiger partial charge >= 0.3 is 0 Å². The van der Waals surface area contributed by atoms with E-state index in [4.69, 9.17) is 9.47 Å². The van der Waals surface area contributed by atoms with Crippen LogP contribution in [-0.4, -0.2) is 57.2 Å². The maximum absolute atomic E-state index is 12.7. The largest absolute Gasteiger partial charge is 0.497 e. The minimum absolute atomic E-state index is 0.0327. The van der Waals surface area contributed by atoms with Crippen LogP contribution in [-0.2, 0) is 14.3 Å². The fourth-order valence-electron chi connectivity index (χ4n) is 3.37. The maximum atomic E-state index is 12.7. The van der Waals surface area contributed by atoms with E-state index >= 15 is 0 Å². The van der Waals surface area contributed by atoms with Crippen molar-refractivity contribution in [2.24, 2.45) is 11.8 Å². The molecule has 1 aliphatic rings. The molecule has 2 unspecified atom stereocenters. The van der Waals surface area contributed by atoms with Gasteiger partial charge in [-0.1, -0.05) is 26.0 Å². The van der Waals surface area contributed by atoms with Gasteiger partial charge in [-0.25, -0.2) is 0 Å². The van der Waals surface area contributed by atoms with Gasteiger partial charge in [-0.2, -0.15) is 0 Å². The van der Waals surface area contributed by atoms with E-state index < -0.39 is 0 Å². The first kappa shape index (κ1) is 20.2. The Kier molecular flexibility index (Phi) is 7.45. The SMILES string of the molecule is COCCNC(=O)C1CN(C(=O)CC(C)C)CC1c1cccc(OC)c1. The second-order valence-corrected chi connectivity index (χ2v) is 7.17. The van der Waals surface area contributed by atoms with E-state index in [0.717, 1.165) is 11.3 Å². The molecule has 0 spiro atoms. The van der Waals surface area contributed by atoms with E-state index in [9.17, 15) is 9.59 Å². The number of amides is 2. The molecule has 1 aromatic rings. The number of ether oxygens (including phenoxy) is 2. The molecule has 0 aromatic heterocycles. The molecule has 1 saturated heterocycles. The summed E-state index contributed by atoms with van der Waals surface area (Å²) in [5.74, 6) is 0.828. The van der Waals surface area contributed by atoms with Crippen LogP contribution < -0.4 is 10.1 Å². The molecule has 144 valence electrons. The molecule has 0 bridgehead atoms. The van der Waals surface area contributed by atoms with Gasteiger partial charge in [0, 0.05) is 39.1 Å². The predicted molar refractivity (Wildman–Crippen MR) is 100 cm³/mol. The Balaban J connectivity index is 2.19. The van der Waals surface area contributed by atoms with E-state index in [1.807, 2.05) is 43.0 Å². The lowest BCUT2D eigenvalue weighted by atomic mass is 9.88. The van der Waals surface area contributed by atoms with Gasteiger partial charge in [0.2, 0.25) is 11.8 Å². The van der Waals surface area contributed by atoms with Crippen LogP contribution in [0.1, 0.15) is 31.7 Å². The zero-order chi connectivity index (χ0) is 19.1. The minimum Gasteiger partial charge on any atom is -0.497 e. The summed E-state index contributed by atoms with van der Waals surface area (Å²) in [7, 11) is 3.23. The Hall–Kier alpha value is -2.08. The summed E-state index contributed by atoms with van der Waals surface area (Å²) in [6.45, 7) is 6.01. The summed E-state index contributed by atoms with van der Waals surface area (Å²) in [5.41, 5.74) is 1.02. The Morgan fingerprint density at radius 1 is 1.27 bits per heavy atom. The molecule has 0 radical (unpaired) electrons. The first-order valence-corrected chi connectivity index (χ1v) is 9.14. The van der Waals surface area contributed by atoms with Crippen LogP contribution >= 0.6 is 0 Å². The van der Waals surface area contributed by atoms with Crippen molar-refractivity contribution in [2.75, 3.05) is 40.5 Å². The summed E-state index contributed by atoms with van der Waals surface area (Å²) in [6.07, 6.45) is 0.503. The van der Waals surface area contributed by atoms with E-state index in [0.29, 0.717) is 38.6 Å². The Morgan fingerprint density at radius 3 is 2.69 bits per heavy atom. The minimum atomic E-state index is -0.268. The average molecular weight is 362 g/mol. The average Bonchev–Trinajstić information content (AvgIpc) is 3.07. The van der Waals surface area contributed by atoms with E-state index in [1.54, 1.807) is 14.2 Å². The van der Waals surface area contributed by atoms with E-state index in [2.05, 4.69) is 5.32 Å². The van der Waals surface area contributed by atoms with Gasteiger partial charge < -0.3 is 19.7 Å². The van der Waals surface area contributed by atoms with Crippen molar-refractivity contribution < 1.29 is 19.1 Å². The molecule has 1 aromatic carbocycles. The van der Waals surface area contributed by atoms with Crippen molar-refractivity contribution in [3.63, 3.8) is 0 Å². The number of nitrogens with one attached hydrogen (secondary N) is 1.